The van der Waals surface area contributed by atoms with Crippen LogP contribution in [-0.4, -0.2) is 39.4 Å². The third-order valence-corrected chi connectivity index (χ3v) is 3.67. The molecule has 21 heavy (non-hydrogen) atoms. The number of carboxylic acids is 1. The lowest BCUT2D eigenvalue weighted by molar-refractivity contribution is -0.385. The summed E-state index contributed by atoms with van der Waals surface area (Å²) in [7, 11) is 0. The topological polar surface area (TPSA) is 101 Å². The van der Waals surface area contributed by atoms with Crippen LogP contribution in [0.4, 0.5) is 5.69 Å². The highest BCUT2D eigenvalue weighted by Gasteiger charge is 2.35. The van der Waals surface area contributed by atoms with Crippen LogP contribution < -0.4 is 0 Å². The summed E-state index contributed by atoms with van der Waals surface area (Å²) in [5, 5.41) is 20.4. The molecule has 8 heteroatoms. The zero-order valence-electron chi connectivity index (χ0n) is 11.0. The molecule has 1 aliphatic rings. The van der Waals surface area contributed by atoms with E-state index in [-0.39, 0.29) is 17.1 Å². The van der Waals surface area contributed by atoms with Crippen LogP contribution in [-0.2, 0) is 4.79 Å². The number of aliphatic carboxylic acids is 1. The Balaban J connectivity index is 2.39. The second-order valence-corrected chi connectivity index (χ2v) is 5.20. The third kappa shape index (κ3) is 3.13. The predicted octanol–water partition coefficient (Wildman–Crippen LogP) is 2.33. The molecule has 0 spiro atoms. The number of hydrogen-bond donors (Lipinski definition) is 1. The van der Waals surface area contributed by atoms with Crippen molar-refractivity contribution in [1.82, 2.24) is 4.90 Å². The number of hydrogen-bond acceptors (Lipinski definition) is 4. The quantitative estimate of drug-likeness (QED) is 0.682. The molecule has 0 aromatic heterocycles. The fourth-order valence-electron chi connectivity index (χ4n) is 2.42. The van der Waals surface area contributed by atoms with Crippen molar-refractivity contribution >= 4 is 29.2 Å². The molecule has 0 unspecified atom stereocenters. The summed E-state index contributed by atoms with van der Waals surface area (Å²) < 4.78 is 0. The van der Waals surface area contributed by atoms with Gasteiger partial charge in [0.25, 0.3) is 11.6 Å². The Morgan fingerprint density at radius 1 is 1.38 bits per heavy atom. The average molecular weight is 313 g/mol. The van der Waals surface area contributed by atoms with E-state index in [9.17, 15) is 24.8 Å². The predicted molar refractivity (Wildman–Crippen MR) is 74.4 cm³/mol. The molecule has 1 saturated heterocycles. The number of piperidine rings is 1. The maximum atomic E-state index is 12.5. The lowest BCUT2D eigenvalue weighted by atomic mass is 10.0. The van der Waals surface area contributed by atoms with Gasteiger partial charge in [0.05, 0.1) is 4.92 Å². The molecule has 1 N–H and O–H groups in total. The normalized spacial score (nSPS) is 18.3. The van der Waals surface area contributed by atoms with Crippen LogP contribution >= 0.6 is 11.6 Å². The summed E-state index contributed by atoms with van der Waals surface area (Å²) in [6.07, 6.45) is 1.74. The molecule has 1 atom stereocenters. The van der Waals surface area contributed by atoms with Gasteiger partial charge in [0, 0.05) is 17.6 Å². The van der Waals surface area contributed by atoms with Gasteiger partial charge in [-0.3, -0.25) is 14.9 Å². The molecule has 1 aromatic rings. The Bertz CT molecular complexity index is 604. The van der Waals surface area contributed by atoms with Crippen LogP contribution in [0.3, 0.4) is 0 Å². The first-order valence-corrected chi connectivity index (χ1v) is 6.77. The van der Waals surface area contributed by atoms with Crippen molar-refractivity contribution in [2.75, 3.05) is 6.54 Å². The summed E-state index contributed by atoms with van der Waals surface area (Å²) in [6.45, 7) is 0.273. The minimum absolute atomic E-state index is 0.141. The van der Waals surface area contributed by atoms with Crippen molar-refractivity contribution in [3.05, 3.63) is 38.9 Å². The number of benzene rings is 1. The third-order valence-electron chi connectivity index (χ3n) is 3.44. The number of carbonyl (C=O) groups is 2. The van der Waals surface area contributed by atoms with Gasteiger partial charge in [0.15, 0.2) is 0 Å². The lowest BCUT2D eigenvalue weighted by Crippen LogP contribution is -2.48. The molecule has 1 aliphatic heterocycles. The molecule has 7 nitrogen and oxygen atoms in total. The zero-order chi connectivity index (χ0) is 15.6. The number of nitro groups is 1. The van der Waals surface area contributed by atoms with Crippen LogP contribution in [0.5, 0.6) is 0 Å². The number of carbonyl (C=O) groups excluding carboxylic acids is 1. The first-order valence-electron chi connectivity index (χ1n) is 6.39. The van der Waals surface area contributed by atoms with Crippen molar-refractivity contribution in [3.8, 4) is 0 Å². The number of carboxylic acid groups (broad SMARTS) is 1. The molecule has 1 aromatic carbocycles. The van der Waals surface area contributed by atoms with E-state index in [1.807, 2.05) is 0 Å². The summed E-state index contributed by atoms with van der Waals surface area (Å²) in [6, 6.07) is 2.79. The molecule has 0 bridgehead atoms. The molecule has 0 aliphatic carbocycles. The standard InChI is InChI=1S/C13H13ClN2O5/c14-8-4-5-9(11(7-8)16(20)21)12(17)15-6-2-1-3-10(15)13(18)19/h4-5,7,10H,1-3,6H2,(H,18,19)/t10-/m0/s1. The SMILES string of the molecule is O=C(O)[C@@H]1CCCCN1C(=O)c1ccc(Cl)cc1[N+](=O)[O-]. The Morgan fingerprint density at radius 2 is 2.10 bits per heavy atom. The van der Waals surface area contributed by atoms with Gasteiger partial charge in [-0.05, 0) is 31.4 Å². The molecule has 0 saturated carbocycles. The number of rotatable bonds is 3. The number of amides is 1. The zero-order valence-corrected chi connectivity index (χ0v) is 11.7. The summed E-state index contributed by atoms with van der Waals surface area (Å²) in [4.78, 5) is 35.2. The molecule has 1 heterocycles. The molecule has 0 radical (unpaired) electrons. The molecule has 2 rings (SSSR count). The molecule has 1 fully saturated rings. The number of nitrogens with zero attached hydrogens (tertiary/aromatic N) is 2. The highest BCUT2D eigenvalue weighted by atomic mass is 35.5. The van der Waals surface area contributed by atoms with Gasteiger partial charge in [-0.25, -0.2) is 4.79 Å². The maximum Gasteiger partial charge on any atom is 0.326 e. The monoisotopic (exact) mass is 312 g/mol. The van der Waals surface area contributed by atoms with E-state index >= 15 is 0 Å². The largest absolute Gasteiger partial charge is 0.480 e. The Labute approximate surface area is 125 Å². The molecular weight excluding hydrogens is 300 g/mol. The fourth-order valence-corrected chi connectivity index (χ4v) is 2.59. The minimum atomic E-state index is -1.10. The van der Waals surface area contributed by atoms with Crippen LogP contribution in [0, 0.1) is 10.1 Å². The highest BCUT2D eigenvalue weighted by Crippen LogP contribution is 2.27. The summed E-state index contributed by atoms with van der Waals surface area (Å²) in [5.74, 6) is -1.75. The molecule has 112 valence electrons. The van der Waals surface area contributed by atoms with Gasteiger partial charge < -0.3 is 10.0 Å². The second-order valence-electron chi connectivity index (χ2n) is 4.77. The van der Waals surface area contributed by atoms with Gasteiger partial charge >= 0.3 is 5.97 Å². The Hall–Kier alpha value is -2.15. The van der Waals surface area contributed by atoms with Crippen LogP contribution in [0.1, 0.15) is 29.6 Å². The Kier molecular flexibility index (Phi) is 4.42. The van der Waals surface area contributed by atoms with Gasteiger partial charge in [0.1, 0.15) is 11.6 Å². The van der Waals surface area contributed by atoms with E-state index in [0.29, 0.717) is 19.3 Å². The number of halogens is 1. The molecular formula is C13H13ClN2O5. The first-order chi connectivity index (χ1) is 9.91. The fraction of sp³-hybridized carbons (Fsp3) is 0.385. The van der Waals surface area contributed by atoms with Crippen molar-refractivity contribution in [2.45, 2.75) is 25.3 Å². The Morgan fingerprint density at radius 3 is 2.71 bits per heavy atom. The highest BCUT2D eigenvalue weighted by molar-refractivity contribution is 6.31. The molecule has 1 amide bonds. The first kappa shape index (κ1) is 15.2. The average Bonchev–Trinajstić information content (AvgIpc) is 2.46. The van der Waals surface area contributed by atoms with Gasteiger partial charge in [0.2, 0.25) is 0 Å². The van der Waals surface area contributed by atoms with E-state index in [1.165, 1.54) is 17.0 Å². The van der Waals surface area contributed by atoms with E-state index < -0.39 is 28.5 Å². The van der Waals surface area contributed by atoms with E-state index in [1.54, 1.807) is 0 Å². The summed E-state index contributed by atoms with van der Waals surface area (Å²) in [5.41, 5.74) is -0.556. The van der Waals surface area contributed by atoms with E-state index in [2.05, 4.69) is 0 Å². The van der Waals surface area contributed by atoms with Gasteiger partial charge in [-0.15, -0.1) is 0 Å². The van der Waals surface area contributed by atoms with E-state index in [4.69, 9.17) is 11.6 Å². The van der Waals surface area contributed by atoms with Crippen LogP contribution in [0.25, 0.3) is 0 Å². The number of likely N-dealkylation sites (tertiary alicyclic amines) is 1. The summed E-state index contributed by atoms with van der Waals surface area (Å²) >= 11 is 5.71. The van der Waals surface area contributed by atoms with Crippen molar-refractivity contribution in [2.24, 2.45) is 0 Å². The lowest BCUT2D eigenvalue weighted by Gasteiger charge is -2.32. The van der Waals surface area contributed by atoms with Crippen molar-refractivity contribution < 1.29 is 19.6 Å². The van der Waals surface area contributed by atoms with Crippen LogP contribution in [0.2, 0.25) is 5.02 Å². The van der Waals surface area contributed by atoms with Gasteiger partial charge in [-0.2, -0.15) is 0 Å². The second kappa shape index (κ2) is 6.09. The van der Waals surface area contributed by atoms with Crippen molar-refractivity contribution in [3.63, 3.8) is 0 Å². The van der Waals surface area contributed by atoms with Gasteiger partial charge in [-0.1, -0.05) is 11.6 Å². The maximum absolute atomic E-state index is 12.5. The minimum Gasteiger partial charge on any atom is -0.480 e. The van der Waals surface area contributed by atoms with Crippen LogP contribution in [0.15, 0.2) is 18.2 Å². The smallest absolute Gasteiger partial charge is 0.326 e. The number of nitro benzene ring substituents is 1. The van der Waals surface area contributed by atoms with E-state index in [0.717, 1.165) is 6.07 Å². The van der Waals surface area contributed by atoms with Crippen molar-refractivity contribution in [1.29, 1.82) is 0 Å².